The van der Waals surface area contributed by atoms with Gasteiger partial charge in [0, 0.05) is 18.2 Å². The van der Waals surface area contributed by atoms with E-state index in [4.69, 9.17) is 4.52 Å². The fourth-order valence-corrected chi connectivity index (χ4v) is 2.22. The van der Waals surface area contributed by atoms with E-state index in [1.807, 2.05) is 30.3 Å². The van der Waals surface area contributed by atoms with Crippen molar-refractivity contribution >= 4 is 5.91 Å². The Balaban J connectivity index is 1.66. The van der Waals surface area contributed by atoms with Gasteiger partial charge >= 0.3 is 0 Å². The Bertz CT molecular complexity index is 603. The van der Waals surface area contributed by atoms with Crippen molar-refractivity contribution in [1.29, 1.82) is 0 Å². The molecule has 1 heterocycles. The Morgan fingerprint density at radius 2 is 2.10 bits per heavy atom. The molecule has 1 aliphatic rings. The molecule has 104 valence electrons. The SMILES string of the molecule is O=C(NCC1(O)CCC1)c1cc(-c2ccccc2)on1. The molecule has 0 bridgehead atoms. The quantitative estimate of drug-likeness (QED) is 0.892. The minimum atomic E-state index is -0.734. The van der Waals surface area contributed by atoms with Crippen molar-refractivity contribution in [1.82, 2.24) is 10.5 Å². The number of nitrogens with one attached hydrogen (secondary N) is 1. The van der Waals surface area contributed by atoms with Crippen molar-refractivity contribution in [3.8, 4) is 11.3 Å². The summed E-state index contributed by atoms with van der Waals surface area (Å²) in [7, 11) is 0. The lowest BCUT2D eigenvalue weighted by Crippen LogP contribution is -2.47. The van der Waals surface area contributed by atoms with Gasteiger partial charge in [-0.1, -0.05) is 35.5 Å². The summed E-state index contributed by atoms with van der Waals surface area (Å²) in [6.45, 7) is 0.263. The lowest BCUT2D eigenvalue weighted by atomic mass is 9.80. The van der Waals surface area contributed by atoms with Crippen molar-refractivity contribution in [2.45, 2.75) is 24.9 Å². The fourth-order valence-electron chi connectivity index (χ4n) is 2.22. The molecule has 1 aromatic heterocycles. The highest BCUT2D eigenvalue weighted by molar-refractivity contribution is 5.93. The number of benzene rings is 1. The maximum atomic E-state index is 11.9. The second-order valence-corrected chi connectivity index (χ2v) is 5.20. The van der Waals surface area contributed by atoms with Crippen LogP contribution in [0, 0.1) is 0 Å². The highest BCUT2D eigenvalue weighted by Crippen LogP contribution is 2.30. The summed E-state index contributed by atoms with van der Waals surface area (Å²) >= 11 is 0. The zero-order valence-corrected chi connectivity index (χ0v) is 11.0. The number of carbonyl (C=O) groups excluding carboxylic acids is 1. The third-order valence-corrected chi connectivity index (χ3v) is 3.66. The van der Waals surface area contributed by atoms with Crippen LogP contribution in [0.25, 0.3) is 11.3 Å². The molecule has 1 saturated carbocycles. The van der Waals surface area contributed by atoms with E-state index in [1.165, 1.54) is 0 Å². The maximum absolute atomic E-state index is 11.9. The smallest absolute Gasteiger partial charge is 0.273 e. The van der Waals surface area contributed by atoms with Gasteiger partial charge in [-0.05, 0) is 19.3 Å². The summed E-state index contributed by atoms with van der Waals surface area (Å²) in [6.07, 6.45) is 2.48. The third-order valence-electron chi connectivity index (χ3n) is 3.66. The van der Waals surface area contributed by atoms with Crippen molar-refractivity contribution in [3.05, 3.63) is 42.1 Å². The largest absolute Gasteiger partial charge is 0.388 e. The van der Waals surface area contributed by atoms with Gasteiger partial charge in [-0.25, -0.2) is 0 Å². The van der Waals surface area contributed by atoms with Crippen LogP contribution in [0.15, 0.2) is 40.9 Å². The van der Waals surface area contributed by atoms with Gasteiger partial charge in [-0.3, -0.25) is 4.79 Å². The van der Waals surface area contributed by atoms with Crippen molar-refractivity contribution < 1.29 is 14.4 Å². The average molecular weight is 272 g/mol. The summed E-state index contributed by atoms with van der Waals surface area (Å²) in [6, 6.07) is 11.1. The number of nitrogens with zero attached hydrogens (tertiary/aromatic N) is 1. The van der Waals surface area contributed by atoms with E-state index < -0.39 is 5.60 Å². The first kappa shape index (κ1) is 12.9. The van der Waals surface area contributed by atoms with Gasteiger partial charge in [-0.2, -0.15) is 0 Å². The molecule has 0 aliphatic heterocycles. The molecule has 1 fully saturated rings. The summed E-state index contributed by atoms with van der Waals surface area (Å²) in [4.78, 5) is 11.9. The van der Waals surface area contributed by atoms with Crippen molar-refractivity contribution in [2.75, 3.05) is 6.54 Å². The molecule has 2 N–H and O–H groups in total. The topological polar surface area (TPSA) is 75.4 Å². The van der Waals surface area contributed by atoms with E-state index >= 15 is 0 Å². The monoisotopic (exact) mass is 272 g/mol. The van der Waals surface area contributed by atoms with Gasteiger partial charge in [0.15, 0.2) is 11.5 Å². The summed E-state index contributed by atoms with van der Waals surface area (Å²) < 4.78 is 5.17. The Kier molecular flexibility index (Phi) is 3.28. The minimum absolute atomic E-state index is 0.228. The predicted octanol–water partition coefficient (Wildman–Crippen LogP) is 1.99. The number of carbonyl (C=O) groups is 1. The van der Waals surface area contributed by atoms with E-state index in [0.29, 0.717) is 5.76 Å². The van der Waals surface area contributed by atoms with E-state index in [2.05, 4.69) is 10.5 Å². The molecular weight excluding hydrogens is 256 g/mol. The summed E-state index contributed by atoms with van der Waals surface area (Å²) in [5.74, 6) is 0.231. The minimum Gasteiger partial charge on any atom is -0.388 e. The molecule has 0 unspecified atom stereocenters. The van der Waals surface area contributed by atoms with E-state index in [0.717, 1.165) is 24.8 Å². The van der Waals surface area contributed by atoms with E-state index in [9.17, 15) is 9.90 Å². The van der Waals surface area contributed by atoms with Crippen LogP contribution < -0.4 is 5.32 Å². The first-order valence-electron chi connectivity index (χ1n) is 6.69. The molecule has 1 aliphatic carbocycles. The zero-order valence-electron chi connectivity index (χ0n) is 11.0. The van der Waals surface area contributed by atoms with Crippen molar-refractivity contribution in [2.24, 2.45) is 0 Å². The Hall–Kier alpha value is -2.14. The molecular formula is C15H16N2O3. The van der Waals surface area contributed by atoms with E-state index in [1.54, 1.807) is 6.07 Å². The molecule has 0 saturated heterocycles. The first-order valence-corrected chi connectivity index (χ1v) is 6.69. The first-order chi connectivity index (χ1) is 9.66. The van der Waals surface area contributed by atoms with Crippen LogP contribution in [0.3, 0.4) is 0 Å². The molecule has 5 nitrogen and oxygen atoms in total. The number of hydrogen-bond acceptors (Lipinski definition) is 4. The van der Waals surface area contributed by atoms with Gasteiger partial charge in [0.05, 0.1) is 5.60 Å². The second kappa shape index (κ2) is 5.09. The van der Waals surface area contributed by atoms with Gasteiger partial charge in [0.25, 0.3) is 5.91 Å². The third kappa shape index (κ3) is 2.58. The Morgan fingerprint density at radius 3 is 2.75 bits per heavy atom. The second-order valence-electron chi connectivity index (χ2n) is 5.20. The van der Waals surface area contributed by atoms with Crippen LogP contribution in [-0.4, -0.2) is 28.3 Å². The average Bonchev–Trinajstić information content (AvgIpc) is 2.93. The summed E-state index contributed by atoms with van der Waals surface area (Å²) in [5, 5.41) is 16.4. The molecule has 20 heavy (non-hydrogen) atoms. The highest BCUT2D eigenvalue weighted by Gasteiger charge is 2.34. The lowest BCUT2D eigenvalue weighted by Gasteiger charge is -2.36. The molecule has 0 radical (unpaired) electrons. The number of hydrogen-bond donors (Lipinski definition) is 2. The lowest BCUT2D eigenvalue weighted by molar-refractivity contribution is -0.0301. The number of aromatic nitrogens is 1. The Labute approximate surface area is 116 Å². The van der Waals surface area contributed by atoms with Crippen LogP contribution in [0.2, 0.25) is 0 Å². The molecule has 0 atom stereocenters. The van der Waals surface area contributed by atoms with Crippen LogP contribution in [0.1, 0.15) is 29.8 Å². The maximum Gasteiger partial charge on any atom is 0.273 e. The van der Waals surface area contributed by atoms with E-state index in [-0.39, 0.29) is 18.1 Å². The molecule has 3 rings (SSSR count). The molecule has 5 heteroatoms. The van der Waals surface area contributed by atoms with Gasteiger partial charge in [-0.15, -0.1) is 0 Å². The van der Waals surface area contributed by atoms with Crippen LogP contribution in [-0.2, 0) is 0 Å². The van der Waals surface area contributed by atoms with Gasteiger partial charge < -0.3 is 14.9 Å². The number of amides is 1. The zero-order chi connectivity index (χ0) is 14.0. The molecule has 0 spiro atoms. The van der Waals surface area contributed by atoms with Crippen LogP contribution in [0.4, 0.5) is 0 Å². The van der Waals surface area contributed by atoms with Crippen LogP contribution in [0.5, 0.6) is 0 Å². The predicted molar refractivity (Wildman–Crippen MR) is 73.1 cm³/mol. The standard InChI is InChI=1S/C15H16N2O3/c18-14(16-10-15(19)7-4-8-15)12-9-13(20-17-12)11-5-2-1-3-6-11/h1-3,5-6,9,19H,4,7-8,10H2,(H,16,18). The fraction of sp³-hybridized carbons (Fsp3) is 0.333. The number of rotatable bonds is 4. The Morgan fingerprint density at radius 1 is 1.35 bits per heavy atom. The van der Waals surface area contributed by atoms with Gasteiger partial charge in [0.2, 0.25) is 0 Å². The highest BCUT2D eigenvalue weighted by atomic mass is 16.5. The molecule has 1 aromatic carbocycles. The van der Waals surface area contributed by atoms with Crippen molar-refractivity contribution in [3.63, 3.8) is 0 Å². The normalized spacial score (nSPS) is 16.4. The van der Waals surface area contributed by atoms with Gasteiger partial charge in [0.1, 0.15) is 0 Å². The molecule has 1 amide bonds. The number of aliphatic hydroxyl groups is 1. The molecule has 2 aromatic rings. The summed E-state index contributed by atoms with van der Waals surface area (Å²) in [5.41, 5.74) is 0.366. The van der Waals surface area contributed by atoms with Crippen LogP contribution >= 0.6 is 0 Å².